The van der Waals surface area contributed by atoms with Gasteiger partial charge in [0.05, 0.1) is 25.2 Å². The molecular weight excluding hydrogens is 647 g/mol. The number of ether oxygens (including phenoxy) is 1. The van der Waals surface area contributed by atoms with Crippen molar-refractivity contribution in [3.8, 4) is 0 Å². The average Bonchev–Trinajstić information content (AvgIpc) is 3.13. The molecule has 3 N–H and O–H groups in total. The fourth-order valence-electron chi connectivity index (χ4n) is 7.37. The van der Waals surface area contributed by atoms with E-state index in [0.29, 0.717) is 19.3 Å². The van der Waals surface area contributed by atoms with Crippen molar-refractivity contribution in [2.24, 2.45) is 0 Å². The number of esters is 1. The second kappa shape index (κ2) is 41.0. The van der Waals surface area contributed by atoms with Gasteiger partial charge in [-0.1, -0.05) is 220 Å². The fourth-order valence-corrected chi connectivity index (χ4v) is 7.37. The van der Waals surface area contributed by atoms with Gasteiger partial charge in [0.1, 0.15) is 6.10 Å². The van der Waals surface area contributed by atoms with Crippen molar-refractivity contribution < 1.29 is 24.5 Å². The second-order valence-electron chi connectivity index (χ2n) is 16.2. The molecule has 52 heavy (non-hydrogen) atoms. The SMILES string of the molecule is CCCCCCCCCCCCCCCC(=O)OC(CCCCCCCCCCC)CC(=O)NC(CO)C(O)CCCCCCCCCCCCC. The second-order valence-corrected chi connectivity index (χ2v) is 16.2. The first kappa shape index (κ1) is 50.9. The average molecular weight is 738 g/mol. The minimum atomic E-state index is -0.776. The summed E-state index contributed by atoms with van der Waals surface area (Å²) in [5.74, 6) is -0.459. The summed E-state index contributed by atoms with van der Waals surface area (Å²) < 4.78 is 5.90. The van der Waals surface area contributed by atoms with Crippen LogP contribution in [0.4, 0.5) is 0 Å². The Morgan fingerprint density at radius 2 is 0.808 bits per heavy atom. The van der Waals surface area contributed by atoms with Gasteiger partial charge in [0.2, 0.25) is 5.91 Å². The number of nitrogens with one attached hydrogen (secondary N) is 1. The highest BCUT2D eigenvalue weighted by Crippen LogP contribution is 2.18. The number of carbonyl (C=O) groups excluding carboxylic acids is 2. The monoisotopic (exact) mass is 738 g/mol. The normalized spacial score (nSPS) is 13.2. The van der Waals surface area contributed by atoms with Crippen LogP contribution < -0.4 is 5.32 Å². The van der Waals surface area contributed by atoms with Gasteiger partial charge in [-0.25, -0.2) is 0 Å². The zero-order valence-electron chi connectivity index (χ0n) is 35.2. The summed E-state index contributed by atoms with van der Waals surface area (Å²) in [7, 11) is 0. The molecule has 3 unspecified atom stereocenters. The molecule has 6 heteroatoms. The van der Waals surface area contributed by atoms with Crippen molar-refractivity contribution in [1.29, 1.82) is 0 Å². The summed E-state index contributed by atoms with van der Waals surface area (Å²) in [5, 5.41) is 23.6. The number of aliphatic hydroxyl groups is 2. The van der Waals surface area contributed by atoms with Gasteiger partial charge < -0.3 is 20.3 Å². The number of hydrogen-bond donors (Lipinski definition) is 3. The zero-order valence-corrected chi connectivity index (χ0v) is 35.2. The van der Waals surface area contributed by atoms with E-state index in [1.54, 1.807) is 0 Å². The van der Waals surface area contributed by atoms with Crippen LogP contribution >= 0.6 is 0 Å². The molecule has 0 radical (unpaired) electrons. The number of amides is 1. The highest BCUT2D eigenvalue weighted by molar-refractivity contribution is 5.77. The predicted molar refractivity (Wildman–Crippen MR) is 223 cm³/mol. The van der Waals surface area contributed by atoms with Crippen LogP contribution in [0.5, 0.6) is 0 Å². The lowest BCUT2D eigenvalue weighted by molar-refractivity contribution is -0.151. The molecule has 0 rings (SSSR count). The summed E-state index contributed by atoms with van der Waals surface area (Å²) >= 11 is 0. The molecule has 0 spiro atoms. The number of aliphatic hydroxyl groups excluding tert-OH is 2. The van der Waals surface area contributed by atoms with Crippen molar-refractivity contribution in [3.05, 3.63) is 0 Å². The van der Waals surface area contributed by atoms with Gasteiger partial charge >= 0.3 is 5.97 Å². The van der Waals surface area contributed by atoms with Gasteiger partial charge in [0.25, 0.3) is 0 Å². The maximum Gasteiger partial charge on any atom is 0.306 e. The molecule has 0 saturated carbocycles. The summed E-state index contributed by atoms with van der Waals surface area (Å²) in [5.41, 5.74) is 0. The number of rotatable bonds is 42. The molecule has 0 saturated heterocycles. The minimum absolute atomic E-state index is 0.0863. The Hall–Kier alpha value is -1.14. The summed E-state index contributed by atoms with van der Waals surface area (Å²) in [4.78, 5) is 25.9. The summed E-state index contributed by atoms with van der Waals surface area (Å²) in [6.07, 6.45) is 41.6. The first-order valence-electron chi connectivity index (χ1n) is 23.3. The highest BCUT2D eigenvalue weighted by atomic mass is 16.5. The van der Waals surface area contributed by atoms with Crippen molar-refractivity contribution >= 4 is 11.9 Å². The fraction of sp³-hybridized carbons (Fsp3) is 0.957. The topological polar surface area (TPSA) is 95.9 Å². The Morgan fingerprint density at radius 3 is 1.17 bits per heavy atom. The van der Waals surface area contributed by atoms with E-state index < -0.39 is 18.2 Å². The van der Waals surface area contributed by atoms with Crippen LogP contribution in [0.15, 0.2) is 0 Å². The van der Waals surface area contributed by atoms with Crippen molar-refractivity contribution in [2.45, 2.75) is 277 Å². The maximum absolute atomic E-state index is 13.1. The quantitative estimate of drug-likeness (QED) is 0.0428. The number of carbonyl (C=O) groups is 2. The molecule has 3 atom stereocenters. The maximum atomic E-state index is 13.1. The Labute approximate surface area is 324 Å². The Balaban J connectivity index is 4.48. The minimum Gasteiger partial charge on any atom is -0.462 e. The van der Waals surface area contributed by atoms with E-state index in [0.717, 1.165) is 44.9 Å². The lowest BCUT2D eigenvalue weighted by atomic mass is 10.0. The largest absolute Gasteiger partial charge is 0.462 e. The van der Waals surface area contributed by atoms with Crippen LogP contribution in [0.1, 0.15) is 258 Å². The molecule has 1 amide bonds. The Bertz CT molecular complexity index is 746. The van der Waals surface area contributed by atoms with E-state index in [9.17, 15) is 19.8 Å². The third kappa shape index (κ3) is 35.9. The van der Waals surface area contributed by atoms with Crippen LogP contribution in [0.2, 0.25) is 0 Å². The molecule has 0 aliphatic rings. The molecule has 310 valence electrons. The molecule has 0 aromatic rings. The van der Waals surface area contributed by atoms with Crippen molar-refractivity contribution in [1.82, 2.24) is 5.32 Å². The first-order chi connectivity index (χ1) is 25.5. The molecule has 0 fully saturated rings. The molecule has 0 aromatic carbocycles. The molecule has 0 bridgehead atoms. The molecule has 0 aromatic heterocycles. The molecular formula is C46H91NO5. The third-order valence-corrected chi connectivity index (χ3v) is 10.9. The number of unbranched alkanes of at least 4 members (excludes halogenated alkanes) is 30. The van der Waals surface area contributed by atoms with E-state index in [-0.39, 0.29) is 24.9 Å². The standard InChI is InChI=1S/C46H91NO5/c1-4-7-10-13-16-19-21-22-24-27-30-33-36-39-46(51)52-42(37-34-31-28-25-18-15-12-9-6-3)40-45(50)47-43(41-48)44(49)38-35-32-29-26-23-20-17-14-11-8-5-2/h42-44,48-49H,4-41H2,1-3H3,(H,47,50). The van der Waals surface area contributed by atoms with E-state index in [2.05, 4.69) is 26.1 Å². The van der Waals surface area contributed by atoms with Gasteiger partial charge in [-0.2, -0.15) is 0 Å². The van der Waals surface area contributed by atoms with Crippen molar-refractivity contribution in [2.75, 3.05) is 6.61 Å². The van der Waals surface area contributed by atoms with E-state index in [1.165, 1.54) is 167 Å². The molecule has 0 heterocycles. The third-order valence-electron chi connectivity index (χ3n) is 10.9. The molecule has 0 aliphatic heterocycles. The zero-order chi connectivity index (χ0) is 38.2. The summed E-state index contributed by atoms with van der Waals surface area (Å²) in [6.45, 7) is 6.47. The Kier molecular flexibility index (Phi) is 40.1. The number of hydrogen-bond acceptors (Lipinski definition) is 5. The van der Waals surface area contributed by atoms with Crippen LogP contribution in [-0.2, 0) is 14.3 Å². The highest BCUT2D eigenvalue weighted by Gasteiger charge is 2.24. The van der Waals surface area contributed by atoms with Gasteiger partial charge in [0, 0.05) is 6.42 Å². The van der Waals surface area contributed by atoms with Gasteiger partial charge in [-0.15, -0.1) is 0 Å². The van der Waals surface area contributed by atoms with Crippen LogP contribution in [0.25, 0.3) is 0 Å². The Morgan fingerprint density at radius 1 is 0.481 bits per heavy atom. The van der Waals surface area contributed by atoms with E-state index >= 15 is 0 Å². The molecule has 6 nitrogen and oxygen atoms in total. The van der Waals surface area contributed by atoms with E-state index in [1.807, 2.05) is 0 Å². The van der Waals surface area contributed by atoms with Crippen LogP contribution in [0, 0.1) is 0 Å². The first-order valence-corrected chi connectivity index (χ1v) is 23.3. The van der Waals surface area contributed by atoms with Crippen molar-refractivity contribution in [3.63, 3.8) is 0 Å². The van der Waals surface area contributed by atoms with Gasteiger partial charge in [-0.3, -0.25) is 9.59 Å². The predicted octanol–water partition coefficient (Wildman–Crippen LogP) is 13.2. The smallest absolute Gasteiger partial charge is 0.306 e. The lowest BCUT2D eigenvalue weighted by Crippen LogP contribution is -2.46. The van der Waals surface area contributed by atoms with Gasteiger partial charge in [0.15, 0.2) is 0 Å². The van der Waals surface area contributed by atoms with Crippen LogP contribution in [0.3, 0.4) is 0 Å². The lowest BCUT2D eigenvalue weighted by Gasteiger charge is -2.24. The van der Waals surface area contributed by atoms with E-state index in [4.69, 9.17) is 4.74 Å². The van der Waals surface area contributed by atoms with Crippen LogP contribution in [-0.4, -0.2) is 46.9 Å². The summed E-state index contributed by atoms with van der Waals surface area (Å²) in [6, 6.07) is -0.689. The van der Waals surface area contributed by atoms with Gasteiger partial charge in [-0.05, 0) is 25.7 Å². The molecule has 0 aliphatic carbocycles.